The molecule has 0 atom stereocenters. The lowest BCUT2D eigenvalue weighted by molar-refractivity contribution is 0.519. The molecule has 1 aromatic carbocycles. The zero-order valence-corrected chi connectivity index (χ0v) is 17.5. The summed E-state index contributed by atoms with van der Waals surface area (Å²) in [6.07, 6.45) is 1.90. The number of nitrogens with one attached hydrogen (secondary N) is 2. The van der Waals surface area contributed by atoms with Crippen molar-refractivity contribution in [2.24, 2.45) is 4.99 Å². The molecule has 0 unspecified atom stereocenters. The Hall–Kier alpha value is -2.98. The summed E-state index contributed by atoms with van der Waals surface area (Å²) in [5, 5.41) is 14.7. The van der Waals surface area contributed by atoms with Gasteiger partial charge in [0.25, 0.3) is 0 Å². The summed E-state index contributed by atoms with van der Waals surface area (Å²) in [5.74, 6) is 1.32. The van der Waals surface area contributed by atoms with E-state index in [-0.39, 0.29) is 11.4 Å². The third-order valence-corrected chi connectivity index (χ3v) is 6.20. The van der Waals surface area contributed by atoms with Crippen LogP contribution in [0, 0.1) is 0 Å². The largest absolute Gasteiger partial charge is 0.357 e. The standard InChI is InChI=1S/C19H25N7O2S/c1-4-20-19(22-14-18-24-23-17-11-7-8-12-26(17)18)21-13-15-9-5-6-10-16(15)29(27,28)25(2)3/h5-12H,4,13-14H2,1-3H3,(H2,20,21,22). The van der Waals surface area contributed by atoms with Crippen molar-refractivity contribution in [3.8, 4) is 0 Å². The van der Waals surface area contributed by atoms with Crippen molar-refractivity contribution in [3.05, 3.63) is 60.0 Å². The first-order chi connectivity index (χ1) is 13.9. The quantitative estimate of drug-likeness (QED) is 0.444. The number of aliphatic imine (C=N–C) groups is 1. The fourth-order valence-electron chi connectivity index (χ4n) is 2.76. The number of fused-ring (bicyclic) bond motifs is 1. The molecular weight excluding hydrogens is 390 g/mol. The molecule has 9 nitrogen and oxygen atoms in total. The predicted molar refractivity (Wildman–Crippen MR) is 112 cm³/mol. The molecule has 29 heavy (non-hydrogen) atoms. The Labute approximate surface area is 170 Å². The number of nitrogens with zero attached hydrogens (tertiary/aromatic N) is 5. The molecule has 0 aliphatic heterocycles. The minimum Gasteiger partial charge on any atom is -0.357 e. The molecule has 2 heterocycles. The maximum atomic E-state index is 12.6. The van der Waals surface area contributed by atoms with Crippen molar-refractivity contribution in [2.45, 2.75) is 24.9 Å². The van der Waals surface area contributed by atoms with Crippen LogP contribution in [0.15, 0.2) is 58.5 Å². The molecule has 0 aliphatic rings. The van der Waals surface area contributed by atoms with Crippen molar-refractivity contribution < 1.29 is 8.42 Å². The van der Waals surface area contributed by atoms with Gasteiger partial charge in [0.1, 0.15) is 0 Å². The van der Waals surface area contributed by atoms with Crippen molar-refractivity contribution in [2.75, 3.05) is 20.6 Å². The molecule has 0 spiro atoms. The van der Waals surface area contributed by atoms with Crippen LogP contribution in [0.2, 0.25) is 0 Å². The molecule has 2 N–H and O–H groups in total. The third kappa shape index (κ3) is 4.72. The van der Waals surface area contributed by atoms with Gasteiger partial charge in [0.05, 0.1) is 18.0 Å². The average molecular weight is 416 g/mol. The van der Waals surface area contributed by atoms with Crippen molar-refractivity contribution in [1.29, 1.82) is 0 Å². The summed E-state index contributed by atoms with van der Waals surface area (Å²) in [6, 6.07) is 12.6. The van der Waals surface area contributed by atoms with E-state index in [1.54, 1.807) is 18.2 Å². The Bertz CT molecular complexity index is 1110. The lowest BCUT2D eigenvalue weighted by Crippen LogP contribution is -2.37. The van der Waals surface area contributed by atoms with E-state index in [4.69, 9.17) is 0 Å². The minimum atomic E-state index is -3.54. The van der Waals surface area contributed by atoms with E-state index in [1.807, 2.05) is 41.8 Å². The number of aromatic nitrogens is 3. The number of rotatable bonds is 7. The third-order valence-electron chi connectivity index (χ3n) is 4.28. The van der Waals surface area contributed by atoms with Crippen LogP contribution in [0.1, 0.15) is 18.3 Å². The molecule has 3 aromatic rings. The topological polar surface area (TPSA) is 104 Å². The van der Waals surface area contributed by atoms with Crippen LogP contribution in [0.25, 0.3) is 5.65 Å². The van der Waals surface area contributed by atoms with Gasteiger partial charge >= 0.3 is 0 Å². The Morgan fingerprint density at radius 2 is 1.86 bits per heavy atom. The lowest BCUT2D eigenvalue weighted by Gasteiger charge is -2.15. The van der Waals surface area contributed by atoms with Gasteiger partial charge in [-0.15, -0.1) is 10.2 Å². The van der Waals surface area contributed by atoms with Crippen LogP contribution < -0.4 is 10.6 Å². The van der Waals surface area contributed by atoms with Crippen LogP contribution in [0.4, 0.5) is 0 Å². The molecule has 0 fully saturated rings. The summed E-state index contributed by atoms with van der Waals surface area (Å²) < 4.78 is 28.2. The number of hydrogen-bond donors (Lipinski definition) is 2. The second-order valence-electron chi connectivity index (χ2n) is 6.49. The van der Waals surface area contributed by atoms with Gasteiger partial charge in [-0.25, -0.2) is 17.7 Å². The normalized spacial score (nSPS) is 12.5. The summed E-state index contributed by atoms with van der Waals surface area (Å²) in [7, 11) is -0.503. The first kappa shape index (κ1) is 20.7. The molecular formula is C19H25N7O2S. The first-order valence-electron chi connectivity index (χ1n) is 9.24. The molecule has 0 amide bonds. The highest BCUT2D eigenvalue weighted by molar-refractivity contribution is 7.89. The van der Waals surface area contributed by atoms with Crippen LogP contribution >= 0.6 is 0 Å². The van der Waals surface area contributed by atoms with E-state index in [1.165, 1.54) is 18.4 Å². The maximum Gasteiger partial charge on any atom is 0.242 e. The number of pyridine rings is 1. The Kier molecular flexibility index (Phi) is 6.45. The van der Waals surface area contributed by atoms with Gasteiger partial charge in [0, 0.05) is 26.8 Å². The zero-order valence-electron chi connectivity index (χ0n) is 16.7. The monoisotopic (exact) mass is 415 g/mol. The first-order valence-corrected chi connectivity index (χ1v) is 10.7. The summed E-state index contributed by atoms with van der Waals surface area (Å²) in [4.78, 5) is 4.81. The summed E-state index contributed by atoms with van der Waals surface area (Å²) >= 11 is 0. The van der Waals surface area contributed by atoms with Gasteiger partial charge in [-0.05, 0) is 30.7 Å². The molecule has 10 heteroatoms. The van der Waals surface area contributed by atoms with Crippen molar-refractivity contribution in [3.63, 3.8) is 0 Å². The Morgan fingerprint density at radius 1 is 1.10 bits per heavy atom. The van der Waals surface area contributed by atoms with Gasteiger partial charge in [-0.1, -0.05) is 24.3 Å². The van der Waals surface area contributed by atoms with Gasteiger partial charge in [-0.3, -0.25) is 4.40 Å². The Morgan fingerprint density at radius 3 is 2.62 bits per heavy atom. The average Bonchev–Trinajstić information content (AvgIpc) is 3.13. The van der Waals surface area contributed by atoms with Gasteiger partial charge in [0.2, 0.25) is 10.0 Å². The highest BCUT2D eigenvalue weighted by Crippen LogP contribution is 2.19. The minimum absolute atomic E-state index is 0.221. The SMILES string of the molecule is CCNC(=NCc1ccccc1S(=O)(=O)N(C)C)NCc1nnc2ccccn12. The molecule has 3 rings (SSSR count). The second-order valence-corrected chi connectivity index (χ2v) is 8.61. The van der Waals surface area contributed by atoms with Crippen molar-refractivity contribution >= 4 is 21.6 Å². The van der Waals surface area contributed by atoms with Gasteiger partial charge in [0.15, 0.2) is 17.4 Å². The second kappa shape index (κ2) is 9.01. The van der Waals surface area contributed by atoms with E-state index in [0.717, 1.165) is 11.5 Å². The fourth-order valence-corrected chi connectivity index (χ4v) is 3.87. The van der Waals surface area contributed by atoms with E-state index in [0.29, 0.717) is 24.6 Å². The molecule has 2 aromatic heterocycles. The van der Waals surface area contributed by atoms with Gasteiger partial charge < -0.3 is 10.6 Å². The number of sulfonamides is 1. The van der Waals surface area contributed by atoms with Crippen LogP contribution in [0.5, 0.6) is 0 Å². The van der Waals surface area contributed by atoms with Crippen LogP contribution in [-0.2, 0) is 23.1 Å². The van der Waals surface area contributed by atoms with Crippen LogP contribution in [-0.4, -0.2) is 53.9 Å². The molecule has 154 valence electrons. The molecule has 0 radical (unpaired) electrons. The van der Waals surface area contributed by atoms with E-state index < -0.39 is 10.0 Å². The van der Waals surface area contributed by atoms with Gasteiger partial charge in [-0.2, -0.15) is 0 Å². The lowest BCUT2D eigenvalue weighted by atomic mass is 10.2. The zero-order chi connectivity index (χ0) is 20.9. The highest BCUT2D eigenvalue weighted by Gasteiger charge is 2.20. The summed E-state index contributed by atoms with van der Waals surface area (Å²) in [6.45, 7) is 3.28. The number of hydrogen-bond acceptors (Lipinski definition) is 5. The smallest absolute Gasteiger partial charge is 0.242 e. The molecule has 0 bridgehead atoms. The van der Waals surface area contributed by atoms with Crippen molar-refractivity contribution in [1.82, 2.24) is 29.5 Å². The van der Waals surface area contributed by atoms with E-state index in [9.17, 15) is 8.42 Å². The fraction of sp³-hybridized carbons (Fsp3) is 0.316. The molecule has 0 saturated heterocycles. The number of benzene rings is 1. The highest BCUT2D eigenvalue weighted by atomic mass is 32.2. The Balaban J connectivity index is 1.78. The van der Waals surface area contributed by atoms with E-state index in [2.05, 4.69) is 25.8 Å². The summed E-state index contributed by atoms with van der Waals surface area (Å²) in [5.41, 5.74) is 1.40. The number of guanidine groups is 1. The molecule has 0 aliphatic carbocycles. The molecule has 0 saturated carbocycles. The van der Waals surface area contributed by atoms with Crippen LogP contribution in [0.3, 0.4) is 0 Å². The van der Waals surface area contributed by atoms with E-state index >= 15 is 0 Å². The predicted octanol–water partition coefficient (Wildman–Crippen LogP) is 1.23. The maximum absolute atomic E-state index is 12.6.